The van der Waals surface area contributed by atoms with Gasteiger partial charge in [0, 0.05) is 13.6 Å². The highest BCUT2D eigenvalue weighted by molar-refractivity contribution is 7.15. The van der Waals surface area contributed by atoms with Gasteiger partial charge in [-0.1, -0.05) is 23.8 Å². The fourth-order valence-corrected chi connectivity index (χ4v) is 2.89. The summed E-state index contributed by atoms with van der Waals surface area (Å²) in [6.07, 6.45) is 0. The highest BCUT2D eigenvalue weighted by Gasteiger charge is 2.17. The molecule has 0 unspecified atom stereocenters. The Morgan fingerprint density at radius 1 is 1.14 bits per heavy atom. The second-order valence-electron chi connectivity index (χ2n) is 5.06. The molecule has 1 aromatic carbocycles. The Bertz CT molecular complexity index is 691. The number of amides is 1. The lowest BCUT2D eigenvalue weighted by atomic mass is 10.1. The monoisotopic (exact) mass is 303 g/mol. The zero-order chi connectivity index (χ0) is 15.6. The van der Waals surface area contributed by atoms with Gasteiger partial charge in [0.1, 0.15) is 4.88 Å². The smallest absolute Gasteiger partial charge is 0.345 e. The summed E-state index contributed by atoms with van der Waals surface area (Å²) in [6, 6.07) is 9.17. The van der Waals surface area contributed by atoms with Gasteiger partial charge in [-0.25, -0.2) is 4.79 Å². The lowest BCUT2D eigenvalue weighted by Crippen LogP contribution is -2.25. The van der Waals surface area contributed by atoms with E-state index in [9.17, 15) is 9.59 Å². The molecule has 0 aliphatic carbocycles. The fraction of sp³-hybridized carbons (Fsp3) is 0.250. The summed E-state index contributed by atoms with van der Waals surface area (Å²) in [7, 11) is 1.73. The van der Waals surface area contributed by atoms with Crippen molar-refractivity contribution in [1.82, 2.24) is 4.90 Å². The van der Waals surface area contributed by atoms with Gasteiger partial charge in [-0.2, -0.15) is 0 Å². The van der Waals surface area contributed by atoms with E-state index in [1.54, 1.807) is 18.0 Å². The molecule has 1 amide bonds. The number of carbonyl (C=O) groups excluding carboxylic acids is 1. The van der Waals surface area contributed by atoms with Crippen molar-refractivity contribution in [3.63, 3.8) is 0 Å². The topological polar surface area (TPSA) is 57.6 Å². The van der Waals surface area contributed by atoms with Crippen LogP contribution in [-0.2, 0) is 6.54 Å². The molecular weight excluding hydrogens is 286 g/mol. The van der Waals surface area contributed by atoms with Crippen LogP contribution < -0.4 is 0 Å². The molecule has 21 heavy (non-hydrogen) atoms. The van der Waals surface area contributed by atoms with Crippen molar-refractivity contribution >= 4 is 23.2 Å². The number of carbonyl (C=O) groups is 2. The van der Waals surface area contributed by atoms with Crippen LogP contribution in [0.5, 0.6) is 0 Å². The van der Waals surface area contributed by atoms with Gasteiger partial charge in [-0.15, -0.1) is 11.3 Å². The van der Waals surface area contributed by atoms with Crippen molar-refractivity contribution in [2.45, 2.75) is 20.4 Å². The van der Waals surface area contributed by atoms with Crippen molar-refractivity contribution < 1.29 is 14.7 Å². The SMILES string of the molecule is Cc1ccc(C)c(CN(C)C(=O)c2ccc(C(=O)O)s2)c1. The van der Waals surface area contributed by atoms with Crippen molar-refractivity contribution in [3.05, 3.63) is 56.8 Å². The molecule has 2 aromatic rings. The van der Waals surface area contributed by atoms with Crippen LogP contribution in [0.25, 0.3) is 0 Å². The van der Waals surface area contributed by atoms with Crippen LogP contribution >= 0.6 is 11.3 Å². The lowest BCUT2D eigenvalue weighted by Gasteiger charge is -2.18. The number of hydrogen-bond acceptors (Lipinski definition) is 3. The number of aromatic carboxylic acids is 1. The van der Waals surface area contributed by atoms with Gasteiger partial charge in [0.15, 0.2) is 0 Å². The molecule has 0 atom stereocenters. The first-order valence-electron chi connectivity index (χ1n) is 6.53. The summed E-state index contributed by atoms with van der Waals surface area (Å²) in [4.78, 5) is 25.4. The molecule has 2 rings (SSSR count). The average molecular weight is 303 g/mol. The minimum absolute atomic E-state index is 0.159. The molecule has 0 bridgehead atoms. The van der Waals surface area contributed by atoms with E-state index >= 15 is 0 Å². The van der Waals surface area contributed by atoms with Gasteiger partial charge in [0.25, 0.3) is 5.91 Å². The standard InChI is InChI=1S/C16H17NO3S/c1-10-4-5-11(2)12(8-10)9-17(3)15(18)13-6-7-14(21-13)16(19)20/h4-8H,9H2,1-3H3,(H,19,20). The van der Waals surface area contributed by atoms with E-state index in [0.29, 0.717) is 11.4 Å². The first kappa shape index (κ1) is 15.3. The predicted molar refractivity (Wildman–Crippen MR) is 83.0 cm³/mol. The zero-order valence-electron chi connectivity index (χ0n) is 12.2. The molecule has 110 valence electrons. The number of rotatable bonds is 4. The molecule has 0 saturated carbocycles. The Morgan fingerprint density at radius 3 is 2.43 bits per heavy atom. The van der Waals surface area contributed by atoms with E-state index in [0.717, 1.165) is 28.0 Å². The molecule has 0 spiro atoms. The molecule has 4 nitrogen and oxygen atoms in total. The normalized spacial score (nSPS) is 10.4. The molecule has 0 aliphatic heterocycles. The van der Waals surface area contributed by atoms with Crippen molar-refractivity contribution in [2.75, 3.05) is 7.05 Å². The number of carboxylic acid groups (broad SMARTS) is 1. The van der Waals surface area contributed by atoms with E-state index in [-0.39, 0.29) is 10.8 Å². The van der Waals surface area contributed by atoms with E-state index in [2.05, 4.69) is 6.07 Å². The van der Waals surface area contributed by atoms with E-state index in [4.69, 9.17) is 5.11 Å². The summed E-state index contributed by atoms with van der Waals surface area (Å²) >= 11 is 1.00. The van der Waals surface area contributed by atoms with Gasteiger partial charge >= 0.3 is 5.97 Å². The van der Waals surface area contributed by atoms with Crippen LogP contribution in [0.4, 0.5) is 0 Å². The number of carboxylic acids is 1. The molecule has 0 fully saturated rings. The Kier molecular flexibility index (Phi) is 4.43. The van der Waals surface area contributed by atoms with Crippen LogP contribution in [0.1, 0.15) is 36.0 Å². The molecule has 1 N–H and O–H groups in total. The number of benzene rings is 1. The summed E-state index contributed by atoms with van der Waals surface area (Å²) in [5.41, 5.74) is 3.39. The van der Waals surface area contributed by atoms with Gasteiger partial charge in [0.05, 0.1) is 4.88 Å². The quantitative estimate of drug-likeness (QED) is 0.942. The largest absolute Gasteiger partial charge is 0.477 e. The second kappa shape index (κ2) is 6.10. The average Bonchev–Trinajstić information content (AvgIpc) is 2.91. The molecule has 1 heterocycles. The van der Waals surface area contributed by atoms with E-state index < -0.39 is 5.97 Å². The van der Waals surface area contributed by atoms with Crippen molar-refractivity contribution in [1.29, 1.82) is 0 Å². The molecule has 0 saturated heterocycles. The molecule has 5 heteroatoms. The maximum Gasteiger partial charge on any atom is 0.345 e. The third-order valence-electron chi connectivity index (χ3n) is 3.29. The van der Waals surface area contributed by atoms with Crippen LogP contribution in [0.3, 0.4) is 0 Å². The second-order valence-corrected chi connectivity index (χ2v) is 6.14. The minimum Gasteiger partial charge on any atom is -0.477 e. The fourth-order valence-electron chi connectivity index (χ4n) is 2.05. The Balaban J connectivity index is 2.15. The maximum atomic E-state index is 12.3. The van der Waals surface area contributed by atoms with E-state index in [1.165, 1.54) is 6.07 Å². The number of thiophene rings is 1. The first-order chi connectivity index (χ1) is 9.88. The highest BCUT2D eigenvalue weighted by atomic mass is 32.1. The Morgan fingerprint density at radius 2 is 1.81 bits per heavy atom. The molecule has 0 aliphatic rings. The number of nitrogens with zero attached hydrogens (tertiary/aromatic N) is 1. The Labute approximate surface area is 127 Å². The predicted octanol–water partition coefficient (Wildman–Crippen LogP) is 3.34. The first-order valence-corrected chi connectivity index (χ1v) is 7.35. The number of aryl methyl sites for hydroxylation is 2. The lowest BCUT2D eigenvalue weighted by molar-refractivity contribution is 0.0701. The van der Waals surface area contributed by atoms with Crippen LogP contribution in [-0.4, -0.2) is 28.9 Å². The third kappa shape index (κ3) is 3.49. The van der Waals surface area contributed by atoms with Crippen LogP contribution in [0, 0.1) is 13.8 Å². The molecule has 0 radical (unpaired) electrons. The van der Waals surface area contributed by atoms with Gasteiger partial charge < -0.3 is 10.0 Å². The van der Waals surface area contributed by atoms with Crippen LogP contribution in [0.15, 0.2) is 30.3 Å². The minimum atomic E-state index is -1.00. The van der Waals surface area contributed by atoms with E-state index in [1.807, 2.05) is 26.0 Å². The third-order valence-corrected chi connectivity index (χ3v) is 4.35. The maximum absolute atomic E-state index is 12.3. The highest BCUT2D eigenvalue weighted by Crippen LogP contribution is 2.20. The number of hydrogen-bond donors (Lipinski definition) is 1. The Hall–Kier alpha value is -2.14. The zero-order valence-corrected chi connectivity index (χ0v) is 13.0. The van der Waals surface area contributed by atoms with Crippen molar-refractivity contribution in [3.8, 4) is 0 Å². The molecule has 1 aromatic heterocycles. The summed E-state index contributed by atoms with van der Waals surface area (Å²) in [5, 5.41) is 8.91. The van der Waals surface area contributed by atoms with Gasteiger partial charge in [-0.05, 0) is 37.1 Å². The van der Waals surface area contributed by atoms with Crippen molar-refractivity contribution in [2.24, 2.45) is 0 Å². The van der Waals surface area contributed by atoms with Crippen LogP contribution in [0.2, 0.25) is 0 Å². The van der Waals surface area contributed by atoms with Gasteiger partial charge in [0.2, 0.25) is 0 Å². The summed E-state index contributed by atoms with van der Waals surface area (Å²) < 4.78 is 0. The summed E-state index contributed by atoms with van der Waals surface area (Å²) in [6.45, 7) is 4.54. The van der Waals surface area contributed by atoms with Gasteiger partial charge in [-0.3, -0.25) is 4.79 Å². The molecular formula is C16H17NO3S. The summed E-state index contributed by atoms with van der Waals surface area (Å²) in [5.74, 6) is -1.16.